The van der Waals surface area contributed by atoms with Crippen molar-refractivity contribution < 1.29 is 23.0 Å². The molecule has 0 bridgehead atoms. The second kappa shape index (κ2) is 11.3. The summed E-state index contributed by atoms with van der Waals surface area (Å²) in [6.45, 7) is 10.0. The molecule has 31 heavy (non-hydrogen) atoms. The van der Waals surface area contributed by atoms with Crippen LogP contribution in [-0.4, -0.2) is 43.7 Å². The van der Waals surface area contributed by atoms with Gasteiger partial charge in [0.25, 0.3) is 11.8 Å². The van der Waals surface area contributed by atoms with Crippen LogP contribution < -0.4 is 14.8 Å². The van der Waals surface area contributed by atoms with Crippen LogP contribution in [-0.2, 0) is 10.7 Å². The number of halogens is 3. The number of nitrogens with one attached hydrogen (secondary N) is 1. The van der Waals surface area contributed by atoms with E-state index in [1.54, 1.807) is 6.07 Å². The van der Waals surface area contributed by atoms with Crippen molar-refractivity contribution >= 4 is 23.2 Å². The van der Waals surface area contributed by atoms with Gasteiger partial charge in [-0.25, -0.2) is 8.78 Å². The average molecular weight is 455 g/mol. The van der Waals surface area contributed by atoms with Gasteiger partial charge in [-0.05, 0) is 62.0 Å². The first-order valence-electron chi connectivity index (χ1n) is 10.2. The molecular formula is C23H29ClF2N2O3. The predicted molar refractivity (Wildman–Crippen MR) is 120 cm³/mol. The maximum absolute atomic E-state index is 13.3. The number of alkyl halides is 2. The molecule has 5 nitrogen and oxygen atoms in total. The molecule has 0 heterocycles. The van der Waals surface area contributed by atoms with Crippen LogP contribution in [0.1, 0.15) is 31.9 Å². The SMILES string of the molecule is CCN(CC)CCOc1ccc(NC(=O)COc2ccc(C(C)(F)F)cc2Cl)cc1C. The van der Waals surface area contributed by atoms with Crippen LogP contribution in [0.2, 0.25) is 5.02 Å². The number of ether oxygens (including phenoxy) is 2. The highest BCUT2D eigenvalue weighted by molar-refractivity contribution is 6.32. The zero-order chi connectivity index (χ0) is 23.0. The van der Waals surface area contributed by atoms with Gasteiger partial charge in [-0.3, -0.25) is 4.79 Å². The molecule has 0 aliphatic heterocycles. The van der Waals surface area contributed by atoms with Crippen LogP contribution in [0.3, 0.4) is 0 Å². The Morgan fingerprint density at radius 3 is 2.35 bits per heavy atom. The summed E-state index contributed by atoms with van der Waals surface area (Å²) in [6.07, 6.45) is 0. The molecule has 2 aromatic carbocycles. The van der Waals surface area contributed by atoms with Gasteiger partial charge in [0.2, 0.25) is 0 Å². The Morgan fingerprint density at radius 2 is 1.77 bits per heavy atom. The molecule has 0 saturated carbocycles. The fourth-order valence-corrected chi connectivity index (χ4v) is 3.18. The summed E-state index contributed by atoms with van der Waals surface area (Å²) in [7, 11) is 0. The van der Waals surface area contributed by atoms with Gasteiger partial charge in [-0.1, -0.05) is 25.4 Å². The quantitative estimate of drug-likeness (QED) is 0.487. The Balaban J connectivity index is 1.87. The highest BCUT2D eigenvalue weighted by Crippen LogP contribution is 2.33. The summed E-state index contributed by atoms with van der Waals surface area (Å²) in [5, 5.41) is 2.76. The van der Waals surface area contributed by atoms with Gasteiger partial charge in [0.1, 0.15) is 18.1 Å². The number of hydrogen-bond acceptors (Lipinski definition) is 4. The Hall–Kier alpha value is -2.38. The minimum absolute atomic E-state index is 0.0221. The van der Waals surface area contributed by atoms with Crippen LogP contribution in [0, 0.1) is 6.92 Å². The maximum atomic E-state index is 13.3. The summed E-state index contributed by atoms with van der Waals surface area (Å²) in [5.74, 6) is -2.46. The van der Waals surface area contributed by atoms with E-state index >= 15 is 0 Å². The lowest BCUT2D eigenvalue weighted by Crippen LogP contribution is -2.28. The third-order valence-electron chi connectivity index (χ3n) is 4.82. The number of anilines is 1. The molecule has 1 N–H and O–H groups in total. The van der Waals surface area contributed by atoms with Gasteiger partial charge in [0, 0.05) is 24.7 Å². The lowest BCUT2D eigenvalue weighted by atomic mass is 10.1. The smallest absolute Gasteiger partial charge is 0.270 e. The van der Waals surface area contributed by atoms with Gasteiger partial charge in [-0.15, -0.1) is 0 Å². The number of carbonyl (C=O) groups is 1. The van der Waals surface area contributed by atoms with Gasteiger partial charge in [-0.2, -0.15) is 0 Å². The molecule has 2 aromatic rings. The number of aryl methyl sites for hydroxylation is 1. The van der Waals surface area contributed by atoms with E-state index in [0.29, 0.717) is 12.3 Å². The monoisotopic (exact) mass is 454 g/mol. The number of likely N-dealkylation sites (N-methyl/N-ethyl adjacent to an activating group) is 1. The molecule has 0 unspecified atom stereocenters. The van der Waals surface area contributed by atoms with Crippen LogP contribution >= 0.6 is 11.6 Å². The van der Waals surface area contributed by atoms with E-state index in [1.165, 1.54) is 12.1 Å². The summed E-state index contributed by atoms with van der Waals surface area (Å²) in [4.78, 5) is 14.5. The third kappa shape index (κ3) is 7.67. The van der Waals surface area contributed by atoms with Crippen molar-refractivity contribution in [1.29, 1.82) is 0 Å². The first kappa shape index (κ1) is 24.9. The van der Waals surface area contributed by atoms with E-state index in [4.69, 9.17) is 21.1 Å². The predicted octanol–water partition coefficient (Wildman–Crippen LogP) is 5.50. The Kier molecular flexibility index (Phi) is 9.07. The number of nitrogens with zero attached hydrogens (tertiary/aromatic N) is 1. The highest BCUT2D eigenvalue weighted by atomic mass is 35.5. The van der Waals surface area contributed by atoms with Crippen LogP contribution in [0.15, 0.2) is 36.4 Å². The first-order valence-corrected chi connectivity index (χ1v) is 10.6. The second-order valence-corrected chi connectivity index (χ2v) is 7.63. The summed E-state index contributed by atoms with van der Waals surface area (Å²) >= 11 is 5.99. The van der Waals surface area contributed by atoms with Crippen LogP contribution in [0.5, 0.6) is 11.5 Å². The second-order valence-electron chi connectivity index (χ2n) is 7.23. The van der Waals surface area contributed by atoms with Gasteiger partial charge in [0.05, 0.1) is 5.02 Å². The fraction of sp³-hybridized carbons (Fsp3) is 0.435. The number of amides is 1. The van der Waals surface area contributed by atoms with Gasteiger partial charge >= 0.3 is 0 Å². The molecule has 0 fully saturated rings. The molecule has 0 aliphatic carbocycles. The first-order chi connectivity index (χ1) is 14.6. The van der Waals surface area contributed by atoms with E-state index in [9.17, 15) is 13.6 Å². The molecule has 2 rings (SSSR count). The van der Waals surface area contributed by atoms with Crippen molar-refractivity contribution in [3.63, 3.8) is 0 Å². The molecule has 0 saturated heterocycles. The minimum atomic E-state index is -3.00. The highest BCUT2D eigenvalue weighted by Gasteiger charge is 2.25. The van der Waals surface area contributed by atoms with E-state index in [2.05, 4.69) is 24.1 Å². The minimum Gasteiger partial charge on any atom is -0.492 e. The molecular weight excluding hydrogens is 426 g/mol. The molecule has 1 amide bonds. The number of rotatable bonds is 11. The third-order valence-corrected chi connectivity index (χ3v) is 5.11. The Morgan fingerprint density at radius 1 is 1.10 bits per heavy atom. The zero-order valence-electron chi connectivity index (χ0n) is 18.3. The summed E-state index contributed by atoms with van der Waals surface area (Å²) < 4.78 is 37.9. The number of benzene rings is 2. The van der Waals surface area contributed by atoms with Crippen molar-refractivity contribution in [2.75, 3.05) is 38.2 Å². The van der Waals surface area contributed by atoms with E-state index in [0.717, 1.165) is 43.9 Å². The molecule has 0 spiro atoms. The van der Waals surface area contributed by atoms with E-state index in [-0.39, 0.29) is 22.9 Å². The molecule has 0 aliphatic rings. The summed E-state index contributed by atoms with van der Waals surface area (Å²) in [5.41, 5.74) is 1.29. The van der Waals surface area contributed by atoms with Crippen molar-refractivity contribution in [2.45, 2.75) is 33.6 Å². The Labute approximate surface area is 187 Å². The van der Waals surface area contributed by atoms with E-state index < -0.39 is 11.8 Å². The average Bonchev–Trinajstić information content (AvgIpc) is 2.71. The summed E-state index contributed by atoms with van der Waals surface area (Å²) in [6, 6.07) is 9.07. The zero-order valence-corrected chi connectivity index (χ0v) is 19.1. The van der Waals surface area contributed by atoms with Crippen molar-refractivity contribution in [2.24, 2.45) is 0 Å². The fourth-order valence-electron chi connectivity index (χ4n) is 2.94. The lowest BCUT2D eigenvalue weighted by molar-refractivity contribution is -0.118. The van der Waals surface area contributed by atoms with Gasteiger partial charge < -0.3 is 19.7 Å². The topological polar surface area (TPSA) is 50.8 Å². The molecule has 0 aromatic heterocycles. The molecule has 8 heteroatoms. The molecule has 0 atom stereocenters. The lowest BCUT2D eigenvalue weighted by Gasteiger charge is -2.18. The maximum Gasteiger partial charge on any atom is 0.270 e. The van der Waals surface area contributed by atoms with Crippen LogP contribution in [0.4, 0.5) is 14.5 Å². The van der Waals surface area contributed by atoms with Gasteiger partial charge in [0.15, 0.2) is 6.61 Å². The van der Waals surface area contributed by atoms with Crippen molar-refractivity contribution in [3.8, 4) is 11.5 Å². The van der Waals surface area contributed by atoms with Crippen molar-refractivity contribution in [3.05, 3.63) is 52.5 Å². The van der Waals surface area contributed by atoms with E-state index in [1.807, 2.05) is 19.1 Å². The standard InChI is InChI=1S/C23H29ClF2N2O3/c1-5-28(6-2)11-12-30-20-10-8-18(13-16(20)3)27-22(29)15-31-21-9-7-17(14-19(21)24)23(4,25)26/h7-10,13-14H,5-6,11-12,15H2,1-4H3,(H,27,29). The molecule has 170 valence electrons. The normalized spacial score (nSPS) is 11.5. The van der Waals surface area contributed by atoms with Crippen molar-refractivity contribution in [1.82, 2.24) is 4.90 Å². The van der Waals surface area contributed by atoms with Crippen LogP contribution in [0.25, 0.3) is 0 Å². The number of hydrogen-bond donors (Lipinski definition) is 1. The largest absolute Gasteiger partial charge is 0.492 e. The Bertz CT molecular complexity index is 884. The number of carbonyl (C=O) groups excluding carboxylic acids is 1. The molecule has 0 radical (unpaired) electrons.